The Labute approximate surface area is 139 Å². The number of halogens is 1. The summed E-state index contributed by atoms with van der Waals surface area (Å²) in [4.78, 5) is 24.1. The van der Waals surface area contributed by atoms with E-state index in [-0.39, 0.29) is 18.1 Å². The highest BCUT2D eigenvalue weighted by Crippen LogP contribution is 2.22. The van der Waals surface area contributed by atoms with Crippen LogP contribution in [-0.2, 0) is 16.0 Å². The second kappa shape index (κ2) is 7.59. The molecule has 1 N–H and O–H groups in total. The van der Waals surface area contributed by atoms with Crippen LogP contribution in [0.2, 0.25) is 0 Å². The van der Waals surface area contributed by atoms with E-state index in [1.807, 2.05) is 0 Å². The monoisotopic (exact) mass is 331 g/mol. The van der Waals surface area contributed by atoms with Gasteiger partial charge in [-0.25, -0.2) is 9.18 Å². The minimum Gasteiger partial charge on any atom is -0.494 e. The molecule has 0 aliphatic heterocycles. The maximum absolute atomic E-state index is 13.7. The number of benzene rings is 2. The number of methoxy groups -OCH3 is 2. The number of hydrogen-bond acceptors (Lipinski definition) is 4. The molecule has 5 nitrogen and oxygen atoms in total. The number of carbonyl (C=O) groups is 2. The first kappa shape index (κ1) is 17.5. The minimum atomic E-state index is -0.534. The van der Waals surface area contributed by atoms with Gasteiger partial charge in [0.25, 0.3) is 0 Å². The largest absolute Gasteiger partial charge is 0.494 e. The molecule has 6 heteroatoms. The molecule has 0 aliphatic rings. The summed E-state index contributed by atoms with van der Waals surface area (Å²) in [5.41, 5.74) is 1.85. The van der Waals surface area contributed by atoms with Gasteiger partial charge in [0.05, 0.1) is 31.9 Å². The molecular formula is C18H18FNO4. The molecule has 0 aliphatic carbocycles. The van der Waals surface area contributed by atoms with Crippen molar-refractivity contribution in [1.82, 2.24) is 0 Å². The van der Waals surface area contributed by atoms with Gasteiger partial charge in [0.15, 0.2) is 11.6 Å². The molecule has 0 fully saturated rings. The number of aryl methyl sites for hydroxylation is 1. The van der Waals surface area contributed by atoms with E-state index < -0.39 is 11.8 Å². The zero-order valence-corrected chi connectivity index (χ0v) is 13.7. The predicted octanol–water partition coefficient (Wildman–Crippen LogP) is 3.11. The van der Waals surface area contributed by atoms with Crippen LogP contribution in [-0.4, -0.2) is 26.1 Å². The van der Waals surface area contributed by atoms with Crippen LogP contribution in [0.1, 0.15) is 21.5 Å². The average molecular weight is 331 g/mol. The lowest BCUT2D eigenvalue weighted by Crippen LogP contribution is -2.18. The van der Waals surface area contributed by atoms with E-state index in [1.54, 1.807) is 31.2 Å². The minimum absolute atomic E-state index is 0.0323. The Hall–Kier alpha value is -2.89. The van der Waals surface area contributed by atoms with Crippen molar-refractivity contribution in [2.24, 2.45) is 0 Å². The van der Waals surface area contributed by atoms with Crippen LogP contribution in [0.15, 0.2) is 36.4 Å². The normalized spacial score (nSPS) is 10.2. The summed E-state index contributed by atoms with van der Waals surface area (Å²) in [6, 6.07) is 9.41. The number of rotatable bonds is 5. The summed E-state index contributed by atoms with van der Waals surface area (Å²) in [5.74, 6) is -1.31. The van der Waals surface area contributed by atoms with Crippen LogP contribution in [0.5, 0.6) is 5.75 Å². The first-order chi connectivity index (χ1) is 11.5. The van der Waals surface area contributed by atoms with Gasteiger partial charge in [-0.3, -0.25) is 4.79 Å². The van der Waals surface area contributed by atoms with Gasteiger partial charge < -0.3 is 14.8 Å². The maximum Gasteiger partial charge on any atom is 0.340 e. The average Bonchev–Trinajstić information content (AvgIpc) is 2.54. The Balaban J connectivity index is 2.17. The van der Waals surface area contributed by atoms with E-state index in [0.29, 0.717) is 22.4 Å². The van der Waals surface area contributed by atoms with Crippen molar-refractivity contribution in [3.8, 4) is 5.75 Å². The van der Waals surface area contributed by atoms with E-state index in [9.17, 15) is 14.0 Å². The summed E-state index contributed by atoms with van der Waals surface area (Å²) in [6.45, 7) is 1.75. The van der Waals surface area contributed by atoms with Gasteiger partial charge in [0, 0.05) is 0 Å². The van der Waals surface area contributed by atoms with Crippen molar-refractivity contribution in [2.75, 3.05) is 19.5 Å². The number of nitrogens with one attached hydrogen (secondary N) is 1. The van der Waals surface area contributed by atoms with Gasteiger partial charge in [-0.15, -0.1) is 0 Å². The molecule has 126 valence electrons. The number of carbonyl (C=O) groups excluding carboxylic acids is 2. The molecule has 2 rings (SSSR count). The van der Waals surface area contributed by atoms with Crippen LogP contribution < -0.4 is 10.1 Å². The maximum atomic E-state index is 13.7. The van der Waals surface area contributed by atoms with E-state index in [0.717, 1.165) is 0 Å². The number of anilines is 1. The zero-order valence-electron chi connectivity index (χ0n) is 13.7. The lowest BCUT2D eigenvalue weighted by Gasteiger charge is -2.12. The van der Waals surface area contributed by atoms with Crippen molar-refractivity contribution in [1.29, 1.82) is 0 Å². The smallest absolute Gasteiger partial charge is 0.340 e. The highest BCUT2D eigenvalue weighted by atomic mass is 19.1. The van der Waals surface area contributed by atoms with E-state index in [2.05, 4.69) is 5.32 Å². The Kier molecular flexibility index (Phi) is 5.52. The highest BCUT2D eigenvalue weighted by Gasteiger charge is 2.17. The summed E-state index contributed by atoms with van der Waals surface area (Å²) in [5, 5.41) is 2.67. The number of amides is 1. The van der Waals surface area contributed by atoms with Gasteiger partial charge in [-0.1, -0.05) is 18.2 Å². The van der Waals surface area contributed by atoms with E-state index in [4.69, 9.17) is 9.47 Å². The molecule has 2 aromatic carbocycles. The lowest BCUT2D eigenvalue weighted by molar-refractivity contribution is -0.115. The molecule has 24 heavy (non-hydrogen) atoms. The topological polar surface area (TPSA) is 64.6 Å². The zero-order chi connectivity index (χ0) is 17.7. The Morgan fingerprint density at radius 2 is 1.92 bits per heavy atom. The first-order valence-corrected chi connectivity index (χ1v) is 7.26. The third kappa shape index (κ3) is 3.90. The first-order valence-electron chi connectivity index (χ1n) is 7.26. The van der Waals surface area contributed by atoms with Gasteiger partial charge in [-0.2, -0.15) is 0 Å². The number of esters is 1. The van der Waals surface area contributed by atoms with Crippen molar-refractivity contribution in [2.45, 2.75) is 13.3 Å². The van der Waals surface area contributed by atoms with Gasteiger partial charge >= 0.3 is 5.97 Å². The Bertz CT molecular complexity index is 774. The fraction of sp³-hybridized carbons (Fsp3) is 0.222. The second-order valence-electron chi connectivity index (χ2n) is 5.18. The second-order valence-corrected chi connectivity index (χ2v) is 5.18. The van der Waals surface area contributed by atoms with Gasteiger partial charge in [0.1, 0.15) is 0 Å². The highest BCUT2D eigenvalue weighted by molar-refractivity contribution is 6.02. The third-order valence-corrected chi connectivity index (χ3v) is 3.52. The Morgan fingerprint density at radius 3 is 2.54 bits per heavy atom. The SMILES string of the molecule is COC(=O)c1c(C)cccc1NC(=O)Cc1ccc(OC)c(F)c1. The van der Waals surface area contributed by atoms with E-state index in [1.165, 1.54) is 26.4 Å². The molecule has 1 amide bonds. The summed E-state index contributed by atoms with van der Waals surface area (Å²) in [7, 11) is 2.65. The molecule has 0 spiro atoms. The molecule has 0 aromatic heterocycles. The summed E-state index contributed by atoms with van der Waals surface area (Å²) in [6.07, 6.45) is -0.0323. The quantitative estimate of drug-likeness (QED) is 0.855. The standard InChI is InChI=1S/C18H18FNO4/c1-11-5-4-6-14(17(11)18(22)24-3)20-16(21)10-12-7-8-15(23-2)13(19)9-12/h4-9H,10H2,1-3H3,(H,20,21). The summed E-state index contributed by atoms with van der Waals surface area (Å²) >= 11 is 0. The molecule has 0 radical (unpaired) electrons. The fourth-order valence-electron chi connectivity index (χ4n) is 2.34. The molecule has 0 saturated heterocycles. The summed E-state index contributed by atoms with van der Waals surface area (Å²) < 4.78 is 23.3. The van der Waals surface area contributed by atoms with Gasteiger partial charge in [0.2, 0.25) is 5.91 Å². The molecular weight excluding hydrogens is 313 g/mol. The fourth-order valence-corrected chi connectivity index (χ4v) is 2.34. The molecule has 0 bridgehead atoms. The van der Waals surface area contributed by atoms with Crippen LogP contribution >= 0.6 is 0 Å². The van der Waals surface area contributed by atoms with Crippen molar-refractivity contribution in [3.63, 3.8) is 0 Å². The van der Waals surface area contributed by atoms with Crippen LogP contribution in [0.25, 0.3) is 0 Å². The predicted molar refractivity (Wildman–Crippen MR) is 87.8 cm³/mol. The van der Waals surface area contributed by atoms with Gasteiger partial charge in [-0.05, 0) is 36.2 Å². The third-order valence-electron chi connectivity index (χ3n) is 3.52. The van der Waals surface area contributed by atoms with Crippen molar-refractivity contribution in [3.05, 3.63) is 58.9 Å². The lowest BCUT2D eigenvalue weighted by atomic mass is 10.1. The van der Waals surface area contributed by atoms with Crippen LogP contribution in [0, 0.1) is 12.7 Å². The Morgan fingerprint density at radius 1 is 1.17 bits per heavy atom. The van der Waals surface area contributed by atoms with E-state index >= 15 is 0 Å². The van der Waals surface area contributed by atoms with Crippen LogP contribution in [0.4, 0.5) is 10.1 Å². The number of ether oxygens (including phenoxy) is 2. The molecule has 0 saturated carbocycles. The molecule has 0 atom stereocenters. The molecule has 2 aromatic rings. The van der Waals surface area contributed by atoms with Crippen LogP contribution in [0.3, 0.4) is 0 Å². The number of hydrogen-bond donors (Lipinski definition) is 1. The van der Waals surface area contributed by atoms with Crippen molar-refractivity contribution < 1.29 is 23.5 Å². The molecule has 0 heterocycles. The molecule has 0 unspecified atom stereocenters. The van der Waals surface area contributed by atoms with Crippen molar-refractivity contribution >= 4 is 17.6 Å².